The minimum Gasteiger partial charge on any atom is -0.308 e. The van der Waals surface area contributed by atoms with Crippen LogP contribution in [0, 0.1) is 5.82 Å². The van der Waals surface area contributed by atoms with Gasteiger partial charge in [0.15, 0.2) is 0 Å². The van der Waals surface area contributed by atoms with E-state index in [0.29, 0.717) is 46.8 Å². The number of halogens is 2. The highest BCUT2D eigenvalue weighted by atomic mass is 35.5. The van der Waals surface area contributed by atoms with Gasteiger partial charge in [-0.3, -0.25) is 19.3 Å². The Bertz CT molecular complexity index is 1130. The summed E-state index contributed by atoms with van der Waals surface area (Å²) in [6.45, 7) is 0.632. The Morgan fingerprint density at radius 2 is 1.44 bits per heavy atom. The minimum atomic E-state index is -0.416. The van der Waals surface area contributed by atoms with Gasteiger partial charge in [0.2, 0.25) is 0 Å². The van der Waals surface area contributed by atoms with Crippen molar-refractivity contribution in [2.45, 2.75) is 12.8 Å². The first-order valence-corrected chi connectivity index (χ1v) is 10.6. The van der Waals surface area contributed by atoms with E-state index in [0.717, 1.165) is 0 Å². The molecule has 3 amide bonds. The van der Waals surface area contributed by atoms with E-state index in [9.17, 15) is 18.8 Å². The summed E-state index contributed by atoms with van der Waals surface area (Å²) in [6, 6.07) is 19.0. The predicted molar refractivity (Wildman–Crippen MR) is 121 cm³/mol. The van der Waals surface area contributed by atoms with Crippen molar-refractivity contribution in [3.05, 3.63) is 100 Å². The molecule has 0 radical (unpaired) electrons. The summed E-state index contributed by atoms with van der Waals surface area (Å²) in [5.41, 5.74) is 1.87. The first-order valence-electron chi connectivity index (χ1n) is 10.2. The molecule has 7 heteroatoms. The lowest BCUT2D eigenvalue weighted by molar-refractivity contribution is 0.0651. The Morgan fingerprint density at radius 1 is 0.844 bits per heavy atom. The minimum absolute atomic E-state index is 0.269. The SMILES string of the molecule is O=C1c2ccccc2C(=O)N1CCCCN(C(=O)c1ccc(F)cc1)c1ccc(Cl)cc1. The van der Waals surface area contributed by atoms with Crippen molar-refractivity contribution in [3.8, 4) is 0 Å². The number of fused-ring (bicyclic) bond motifs is 1. The lowest BCUT2D eigenvalue weighted by atomic mass is 10.1. The summed E-state index contributed by atoms with van der Waals surface area (Å²) in [5, 5.41) is 0.550. The van der Waals surface area contributed by atoms with E-state index in [4.69, 9.17) is 11.6 Å². The zero-order valence-electron chi connectivity index (χ0n) is 17.1. The van der Waals surface area contributed by atoms with Crippen molar-refractivity contribution in [1.82, 2.24) is 4.90 Å². The molecule has 0 saturated carbocycles. The molecule has 3 aromatic carbocycles. The monoisotopic (exact) mass is 450 g/mol. The second-order valence-electron chi connectivity index (χ2n) is 7.45. The van der Waals surface area contributed by atoms with Crippen molar-refractivity contribution in [1.29, 1.82) is 0 Å². The fourth-order valence-corrected chi connectivity index (χ4v) is 3.83. The van der Waals surface area contributed by atoms with Crippen molar-refractivity contribution in [2.24, 2.45) is 0 Å². The number of imide groups is 1. The van der Waals surface area contributed by atoms with Gasteiger partial charge in [-0.25, -0.2) is 4.39 Å². The maximum atomic E-state index is 13.3. The van der Waals surface area contributed by atoms with Gasteiger partial charge >= 0.3 is 0 Å². The highest BCUT2D eigenvalue weighted by Gasteiger charge is 2.34. The van der Waals surface area contributed by atoms with E-state index >= 15 is 0 Å². The first kappa shape index (κ1) is 21.7. The standard InChI is InChI=1S/C25H20ClFN2O3/c26-18-9-13-20(14-10-18)28(23(30)17-7-11-19(27)12-8-17)15-3-4-16-29-24(31)21-5-1-2-6-22(21)25(29)32/h1-2,5-14H,3-4,15-16H2. The Morgan fingerprint density at radius 3 is 2.03 bits per heavy atom. The molecular weight excluding hydrogens is 431 g/mol. The molecule has 1 aliphatic heterocycles. The summed E-state index contributed by atoms with van der Waals surface area (Å²) >= 11 is 5.98. The van der Waals surface area contributed by atoms with Crippen LogP contribution in [0.5, 0.6) is 0 Å². The third-order valence-electron chi connectivity index (χ3n) is 5.37. The van der Waals surface area contributed by atoms with E-state index in [1.54, 1.807) is 53.4 Å². The number of amides is 3. The highest BCUT2D eigenvalue weighted by Crippen LogP contribution is 2.24. The Kier molecular flexibility index (Phi) is 6.32. The molecule has 3 aromatic rings. The molecule has 5 nitrogen and oxygen atoms in total. The molecule has 0 N–H and O–H groups in total. The number of rotatable bonds is 7. The molecule has 0 bridgehead atoms. The van der Waals surface area contributed by atoms with E-state index in [2.05, 4.69) is 0 Å². The number of carbonyl (C=O) groups excluding carboxylic acids is 3. The van der Waals surface area contributed by atoms with Gasteiger partial charge in [0.1, 0.15) is 5.82 Å². The lowest BCUT2D eigenvalue weighted by Crippen LogP contribution is -2.34. The number of unbranched alkanes of at least 4 members (excludes halogenated alkanes) is 1. The van der Waals surface area contributed by atoms with Gasteiger partial charge in [0, 0.05) is 29.4 Å². The van der Waals surface area contributed by atoms with Gasteiger partial charge < -0.3 is 4.90 Å². The molecule has 1 aliphatic rings. The molecule has 0 atom stereocenters. The number of benzene rings is 3. The summed E-state index contributed by atoms with van der Waals surface area (Å²) in [5.74, 6) is -1.27. The van der Waals surface area contributed by atoms with Gasteiger partial charge in [-0.15, -0.1) is 0 Å². The summed E-state index contributed by atoms with van der Waals surface area (Å²) < 4.78 is 13.3. The molecule has 0 unspecified atom stereocenters. The number of hydrogen-bond donors (Lipinski definition) is 0. The molecule has 0 fully saturated rings. The van der Waals surface area contributed by atoms with Crippen LogP contribution in [0.25, 0.3) is 0 Å². The fourth-order valence-electron chi connectivity index (χ4n) is 3.70. The predicted octanol–water partition coefficient (Wildman–Crippen LogP) is 5.20. The van der Waals surface area contributed by atoms with Crippen LogP contribution in [0.1, 0.15) is 43.9 Å². The maximum absolute atomic E-state index is 13.3. The van der Waals surface area contributed by atoms with Crippen LogP contribution in [0.4, 0.5) is 10.1 Å². The number of nitrogens with zero attached hydrogens (tertiary/aromatic N) is 2. The van der Waals surface area contributed by atoms with Crippen molar-refractivity contribution in [3.63, 3.8) is 0 Å². The van der Waals surface area contributed by atoms with Crippen molar-refractivity contribution >= 4 is 35.0 Å². The van der Waals surface area contributed by atoms with Crippen LogP contribution in [-0.2, 0) is 0 Å². The maximum Gasteiger partial charge on any atom is 0.261 e. The molecule has 4 rings (SSSR count). The summed E-state index contributed by atoms with van der Waals surface area (Å²) in [4.78, 5) is 40.9. The van der Waals surface area contributed by atoms with Crippen LogP contribution in [0.15, 0.2) is 72.8 Å². The molecule has 0 aromatic heterocycles. The Hall–Kier alpha value is -3.51. The zero-order chi connectivity index (χ0) is 22.7. The van der Waals surface area contributed by atoms with Crippen molar-refractivity contribution < 1.29 is 18.8 Å². The third kappa shape index (κ3) is 4.41. The normalized spacial score (nSPS) is 12.8. The molecule has 162 valence electrons. The molecule has 32 heavy (non-hydrogen) atoms. The fraction of sp³-hybridized carbons (Fsp3) is 0.160. The molecule has 0 spiro atoms. The van der Waals surface area contributed by atoms with Crippen LogP contribution in [0.2, 0.25) is 5.02 Å². The van der Waals surface area contributed by atoms with Gasteiger partial charge in [-0.05, 0) is 73.5 Å². The van der Waals surface area contributed by atoms with Gasteiger partial charge in [-0.2, -0.15) is 0 Å². The summed E-state index contributed by atoms with van der Waals surface area (Å²) in [7, 11) is 0. The van der Waals surface area contributed by atoms with E-state index < -0.39 is 5.82 Å². The quantitative estimate of drug-likeness (QED) is 0.367. The van der Waals surface area contributed by atoms with Gasteiger partial charge in [0.25, 0.3) is 17.7 Å². The number of carbonyl (C=O) groups is 3. The lowest BCUT2D eigenvalue weighted by Gasteiger charge is -2.24. The van der Waals surface area contributed by atoms with E-state index in [1.807, 2.05) is 0 Å². The Labute approximate surface area is 190 Å². The molecular formula is C25H20ClFN2O3. The first-order chi connectivity index (χ1) is 15.5. The Balaban J connectivity index is 1.43. The molecule has 1 heterocycles. The van der Waals surface area contributed by atoms with Crippen LogP contribution < -0.4 is 4.90 Å². The molecule has 0 saturated heterocycles. The van der Waals surface area contributed by atoms with Gasteiger partial charge in [-0.1, -0.05) is 23.7 Å². The number of anilines is 1. The van der Waals surface area contributed by atoms with Crippen molar-refractivity contribution in [2.75, 3.05) is 18.0 Å². The average Bonchev–Trinajstić information content (AvgIpc) is 3.05. The van der Waals surface area contributed by atoms with E-state index in [-0.39, 0.29) is 24.3 Å². The highest BCUT2D eigenvalue weighted by molar-refractivity contribution is 6.30. The van der Waals surface area contributed by atoms with Crippen LogP contribution in [-0.4, -0.2) is 35.7 Å². The zero-order valence-corrected chi connectivity index (χ0v) is 17.9. The topological polar surface area (TPSA) is 57.7 Å². The van der Waals surface area contributed by atoms with Crippen LogP contribution in [0.3, 0.4) is 0 Å². The third-order valence-corrected chi connectivity index (χ3v) is 5.62. The summed E-state index contributed by atoms with van der Waals surface area (Å²) in [6.07, 6.45) is 1.09. The second-order valence-corrected chi connectivity index (χ2v) is 7.89. The van der Waals surface area contributed by atoms with Crippen LogP contribution >= 0.6 is 11.6 Å². The molecule has 0 aliphatic carbocycles. The van der Waals surface area contributed by atoms with E-state index in [1.165, 1.54) is 29.2 Å². The smallest absolute Gasteiger partial charge is 0.261 e. The number of hydrogen-bond acceptors (Lipinski definition) is 3. The average molecular weight is 451 g/mol. The van der Waals surface area contributed by atoms with Gasteiger partial charge in [0.05, 0.1) is 11.1 Å². The largest absolute Gasteiger partial charge is 0.308 e. The second kappa shape index (κ2) is 9.32.